The van der Waals surface area contributed by atoms with Crippen LogP contribution < -0.4 is 11.1 Å². The van der Waals surface area contributed by atoms with Gasteiger partial charge in [-0.3, -0.25) is 4.79 Å². The second-order valence-electron chi connectivity index (χ2n) is 4.73. The van der Waals surface area contributed by atoms with Gasteiger partial charge in [-0.25, -0.2) is 4.79 Å². The van der Waals surface area contributed by atoms with Gasteiger partial charge in [-0.05, 0) is 29.0 Å². The predicted octanol–water partition coefficient (Wildman–Crippen LogP) is 0.764. The fourth-order valence-electron chi connectivity index (χ4n) is 1.81. The summed E-state index contributed by atoms with van der Waals surface area (Å²) < 4.78 is 0. The van der Waals surface area contributed by atoms with Gasteiger partial charge in [-0.1, -0.05) is 30.3 Å². The predicted molar refractivity (Wildman–Crippen MR) is 80.2 cm³/mol. The molecule has 1 aromatic carbocycles. The number of thiophene rings is 1. The molecule has 0 radical (unpaired) electrons. The van der Waals surface area contributed by atoms with Crippen LogP contribution in [-0.4, -0.2) is 29.6 Å². The zero-order chi connectivity index (χ0) is 15.2. The number of carbonyl (C=O) groups is 2. The molecule has 0 saturated carbocycles. The van der Waals surface area contributed by atoms with Crippen LogP contribution in [0.4, 0.5) is 0 Å². The first kappa shape index (κ1) is 15.2. The number of nitrogens with one attached hydrogen (secondary N) is 1. The number of aliphatic carboxylic acids is 1. The number of benzene rings is 1. The van der Waals surface area contributed by atoms with Gasteiger partial charge in [0.05, 0.1) is 11.4 Å². The fourth-order valence-corrected chi connectivity index (χ4v) is 2.64. The summed E-state index contributed by atoms with van der Waals surface area (Å²) in [7, 11) is 0. The van der Waals surface area contributed by atoms with Crippen molar-refractivity contribution in [2.24, 2.45) is 0 Å². The van der Waals surface area contributed by atoms with E-state index in [0.717, 1.165) is 12.0 Å². The lowest BCUT2D eigenvalue weighted by atomic mass is 10.1. The lowest BCUT2D eigenvalue weighted by Crippen LogP contribution is -2.68. The minimum atomic E-state index is -1.02. The number of hydrogen-bond donors (Lipinski definition) is 3. The molecule has 2 aromatic rings. The lowest BCUT2D eigenvalue weighted by Gasteiger charge is -2.04. The van der Waals surface area contributed by atoms with Gasteiger partial charge in [-0.15, -0.1) is 11.3 Å². The number of quaternary nitrogens is 1. The third kappa shape index (κ3) is 4.40. The van der Waals surface area contributed by atoms with Crippen molar-refractivity contribution in [3.63, 3.8) is 0 Å². The molecule has 0 spiro atoms. The maximum Gasteiger partial charge on any atom is 0.364 e. The maximum atomic E-state index is 11.9. The molecule has 5 nitrogen and oxygen atoms in total. The first-order valence-electron chi connectivity index (χ1n) is 6.51. The van der Waals surface area contributed by atoms with E-state index in [0.29, 0.717) is 4.88 Å². The molecule has 1 aromatic heterocycles. The number of amides is 1. The molecule has 0 aliphatic heterocycles. The molecule has 0 aliphatic carbocycles. The van der Waals surface area contributed by atoms with Crippen molar-refractivity contribution in [2.75, 3.05) is 6.54 Å². The fraction of sp³-hybridized carbons (Fsp3) is 0.200. The summed E-state index contributed by atoms with van der Waals surface area (Å²) in [5, 5.41) is 13.3. The van der Waals surface area contributed by atoms with Gasteiger partial charge in [0.15, 0.2) is 6.04 Å². The molecule has 21 heavy (non-hydrogen) atoms. The number of hydrogen-bond acceptors (Lipinski definition) is 3. The number of rotatable bonds is 6. The molecule has 0 saturated heterocycles. The van der Waals surface area contributed by atoms with Gasteiger partial charge in [-0.2, -0.15) is 0 Å². The first-order chi connectivity index (χ1) is 10.1. The third-order valence-electron chi connectivity index (χ3n) is 2.99. The Morgan fingerprint density at radius 2 is 1.95 bits per heavy atom. The molecule has 1 heterocycles. The largest absolute Gasteiger partial charge is 0.477 e. The topological polar surface area (TPSA) is 94.0 Å². The van der Waals surface area contributed by atoms with E-state index in [1.54, 1.807) is 0 Å². The molecule has 2 rings (SSSR count). The van der Waals surface area contributed by atoms with Crippen LogP contribution >= 0.6 is 11.3 Å². The van der Waals surface area contributed by atoms with E-state index < -0.39 is 12.0 Å². The summed E-state index contributed by atoms with van der Waals surface area (Å²) in [4.78, 5) is 23.1. The van der Waals surface area contributed by atoms with Crippen LogP contribution in [0, 0.1) is 0 Å². The lowest BCUT2D eigenvalue weighted by molar-refractivity contribution is -0.404. The summed E-state index contributed by atoms with van der Waals surface area (Å²) in [6.45, 7) is 0.0279. The number of carbonyl (C=O) groups excluding carboxylic acids is 1. The Morgan fingerprint density at radius 3 is 2.62 bits per heavy atom. The molecule has 1 amide bonds. The highest BCUT2D eigenvalue weighted by Crippen LogP contribution is 2.18. The quantitative estimate of drug-likeness (QED) is 0.735. The Hall–Kier alpha value is -2.18. The van der Waals surface area contributed by atoms with Crippen molar-refractivity contribution in [1.29, 1.82) is 0 Å². The normalized spacial score (nSPS) is 11.9. The Morgan fingerprint density at radius 1 is 1.24 bits per heavy atom. The van der Waals surface area contributed by atoms with Crippen molar-refractivity contribution < 1.29 is 20.4 Å². The standard InChI is InChI=1S/C15H16N2O3S/c16-12(15(19)20)8-17-14(18)13-7-11(9-21-13)6-10-4-2-1-3-5-10/h1-5,7,9,12H,6,8,16H2,(H,17,18)(H,19,20)/p+1/t12-/m1/s1. The molecule has 110 valence electrons. The van der Waals surface area contributed by atoms with Crippen molar-refractivity contribution in [3.8, 4) is 0 Å². The van der Waals surface area contributed by atoms with Crippen molar-refractivity contribution in [2.45, 2.75) is 12.5 Å². The van der Waals surface area contributed by atoms with Crippen molar-refractivity contribution in [3.05, 3.63) is 57.8 Å². The zero-order valence-corrected chi connectivity index (χ0v) is 12.2. The summed E-state index contributed by atoms with van der Waals surface area (Å²) in [6, 6.07) is 11.0. The Balaban J connectivity index is 1.93. The van der Waals surface area contributed by atoms with Gasteiger partial charge in [0.2, 0.25) is 0 Å². The molecule has 0 unspecified atom stereocenters. The average molecular weight is 305 g/mol. The number of carboxylic acids is 1. The zero-order valence-electron chi connectivity index (χ0n) is 11.4. The molecule has 0 aliphatic rings. The van der Waals surface area contributed by atoms with Crippen molar-refractivity contribution in [1.82, 2.24) is 5.32 Å². The second kappa shape index (κ2) is 7.01. The minimum absolute atomic E-state index is 0.0279. The van der Waals surface area contributed by atoms with E-state index in [-0.39, 0.29) is 12.5 Å². The van der Waals surface area contributed by atoms with Gasteiger partial charge in [0, 0.05) is 0 Å². The first-order valence-corrected chi connectivity index (χ1v) is 7.39. The van der Waals surface area contributed by atoms with Gasteiger partial charge >= 0.3 is 5.97 Å². The van der Waals surface area contributed by atoms with E-state index in [1.807, 2.05) is 41.8 Å². The van der Waals surface area contributed by atoms with Crippen LogP contribution in [0.25, 0.3) is 0 Å². The van der Waals surface area contributed by atoms with E-state index >= 15 is 0 Å². The highest BCUT2D eigenvalue weighted by Gasteiger charge is 2.17. The van der Waals surface area contributed by atoms with Crippen LogP contribution in [0.15, 0.2) is 41.8 Å². The van der Waals surface area contributed by atoms with E-state index in [4.69, 9.17) is 5.11 Å². The molecule has 0 bridgehead atoms. The van der Waals surface area contributed by atoms with Gasteiger partial charge in [0.1, 0.15) is 0 Å². The molecular formula is C15H17N2O3S+. The number of carboxylic acid groups (broad SMARTS) is 1. The Kier molecular flexibility index (Phi) is 5.08. The maximum absolute atomic E-state index is 11.9. The van der Waals surface area contributed by atoms with E-state index in [1.165, 1.54) is 16.9 Å². The van der Waals surface area contributed by atoms with Crippen LogP contribution in [0.3, 0.4) is 0 Å². The second-order valence-corrected chi connectivity index (χ2v) is 5.64. The summed E-state index contributed by atoms with van der Waals surface area (Å²) in [5.41, 5.74) is 5.71. The van der Waals surface area contributed by atoms with Crippen LogP contribution in [0.5, 0.6) is 0 Å². The van der Waals surface area contributed by atoms with Crippen LogP contribution in [-0.2, 0) is 11.2 Å². The van der Waals surface area contributed by atoms with Crippen molar-refractivity contribution >= 4 is 23.2 Å². The third-order valence-corrected chi connectivity index (χ3v) is 3.96. The monoisotopic (exact) mass is 305 g/mol. The molecule has 5 N–H and O–H groups in total. The smallest absolute Gasteiger partial charge is 0.364 e. The highest BCUT2D eigenvalue weighted by molar-refractivity contribution is 7.12. The SMILES string of the molecule is [NH3+][C@H](CNC(=O)c1cc(Cc2ccccc2)cs1)C(=O)O. The Labute approximate surface area is 126 Å². The van der Waals surface area contributed by atoms with E-state index in [9.17, 15) is 9.59 Å². The molecule has 1 atom stereocenters. The molecule has 0 fully saturated rings. The highest BCUT2D eigenvalue weighted by atomic mass is 32.1. The van der Waals surface area contributed by atoms with Crippen LogP contribution in [0.2, 0.25) is 0 Å². The van der Waals surface area contributed by atoms with E-state index in [2.05, 4.69) is 11.1 Å². The summed E-state index contributed by atoms with van der Waals surface area (Å²) in [5.74, 6) is -1.28. The Bertz CT molecular complexity index is 625. The summed E-state index contributed by atoms with van der Waals surface area (Å²) >= 11 is 1.36. The minimum Gasteiger partial charge on any atom is -0.477 e. The van der Waals surface area contributed by atoms with Gasteiger partial charge < -0.3 is 16.2 Å². The summed E-state index contributed by atoms with van der Waals surface area (Å²) in [6.07, 6.45) is 0.776. The van der Waals surface area contributed by atoms with Gasteiger partial charge in [0.25, 0.3) is 5.91 Å². The molecule has 6 heteroatoms. The molecular weight excluding hydrogens is 288 g/mol. The average Bonchev–Trinajstić information content (AvgIpc) is 2.94. The van der Waals surface area contributed by atoms with Crippen LogP contribution in [0.1, 0.15) is 20.8 Å².